The summed E-state index contributed by atoms with van der Waals surface area (Å²) in [4.78, 5) is 4.44. The van der Waals surface area contributed by atoms with Crippen LogP contribution < -0.4 is 10.9 Å². The predicted octanol–water partition coefficient (Wildman–Crippen LogP) is 5.26. The fraction of sp³-hybridized carbons (Fsp3) is 0.364. The first-order chi connectivity index (χ1) is 12.5. The van der Waals surface area contributed by atoms with Gasteiger partial charge in [0.05, 0.1) is 5.57 Å². The second kappa shape index (κ2) is 9.17. The zero-order valence-electron chi connectivity index (χ0n) is 16.4. The summed E-state index contributed by atoms with van der Waals surface area (Å²) in [5, 5.41) is 9.93. The van der Waals surface area contributed by atoms with Crippen molar-refractivity contribution in [2.75, 3.05) is 5.43 Å². The van der Waals surface area contributed by atoms with Crippen LogP contribution in [0.5, 0.6) is 0 Å². The molecule has 0 saturated heterocycles. The van der Waals surface area contributed by atoms with E-state index in [1.165, 1.54) is 0 Å². The van der Waals surface area contributed by atoms with Crippen LogP contribution in [0.15, 0.2) is 36.5 Å². The summed E-state index contributed by atoms with van der Waals surface area (Å²) in [6.45, 7) is 10.3. The summed E-state index contributed by atoms with van der Waals surface area (Å²) in [6.07, 6.45) is 3.66. The third kappa shape index (κ3) is 4.93. The number of aryl methyl sites for hydroxylation is 2. The molecule has 2 N–H and O–H groups in total. The van der Waals surface area contributed by atoms with Crippen LogP contribution in [0.2, 0.25) is 0 Å². The molecule has 0 aliphatic carbocycles. The van der Waals surface area contributed by atoms with E-state index in [0.717, 1.165) is 52.1 Å². The number of pyridine rings is 1. The van der Waals surface area contributed by atoms with Crippen molar-refractivity contribution < 1.29 is 0 Å². The average molecular weight is 348 g/mol. The van der Waals surface area contributed by atoms with E-state index in [4.69, 9.17) is 0 Å². The minimum atomic E-state index is 0.333. The highest BCUT2D eigenvalue weighted by Gasteiger charge is 2.14. The molecule has 1 aromatic heterocycles. The maximum Gasteiger partial charge on any atom is 0.100 e. The van der Waals surface area contributed by atoms with Gasteiger partial charge in [-0.3, -0.25) is 4.98 Å². The first-order valence-corrected chi connectivity index (χ1v) is 9.15. The molecule has 0 amide bonds. The molecule has 0 radical (unpaired) electrons. The van der Waals surface area contributed by atoms with Crippen LogP contribution in [0.1, 0.15) is 56.0 Å². The number of rotatable bonds is 7. The molecule has 2 aromatic rings. The quantitative estimate of drug-likeness (QED) is 0.529. The van der Waals surface area contributed by atoms with Crippen molar-refractivity contribution in [2.24, 2.45) is 0 Å². The van der Waals surface area contributed by atoms with Crippen molar-refractivity contribution in [3.05, 3.63) is 58.9 Å². The van der Waals surface area contributed by atoms with Crippen molar-refractivity contribution in [1.82, 2.24) is 10.4 Å². The standard InChI is InChI=1S/C22H28N4/c1-6-8-20(18-9-7-10-19(12-18)26-25-15(2)3)22(13-23)21-11-16(4)14-24-17(21)5/h7,9-12,14-15,25-26H,6,8H2,1-5H3/b22-20+. The number of anilines is 1. The SMILES string of the molecule is CCC/C(=C(/C#N)c1cc(C)cnc1C)c1cccc(NNC(C)C)c1. The molecule has 4 nitrogen and oxygen atoms in total. The molecule has 0 aliphatic heterocycles. The molecule has 0 fully saturated rings. The third-order valence-corrected chi connectivity index (χ3v) is 4.12. The van der Waals surface area contributed by atoms with Gasteiger partial charge in [-0.1, -0.05) is 25.5 Å². The number of nitrogens with one attached hydrogen (secondary N) is 2. The van der Waals surface area contributed by atoms with Gasteiger partial charge in [0.1, 0.15) is 6.07 Å². The van der Waals surface area contributed by atoms with E-state index >= 15 is 0 Å². The van der Waals surface area contributed by atoms with Gasteiger partial charge in [0, 0.05) is 29.2 Å². The highest BCUT2D eigenvalue weighted by atomic mass is 15.4. The molecule has 4 heteroatoms. The van der Waals surface area contributed by atoms with Gasteiger partial charge in [-0.2, -0.15) is 5.26 Å². The fourth-order valence-corrected chi connectivity index (χ4v) is 2.86. The number of hydrazine groups is 1. The number of allylic oxidation sites excluding steroid dienone is 2. The van der Waals surface area contributed by atoms with Crippen LogP contribution in [-0.4, -0.2) is 11.0 Å². The zero-order chi connectivity index (χ0) is 19.1. The maximum atomic E-state index is 9.93. The van der Waals surface area contributed by atoms with Crippen LogP contribution in [-0.2, 0) is 0 Å². The lowest BCUT2D eigenvalue weighted by atomic mass is 9.91. The number of hydrogen-bond donors (Lipinski definition) is 2. The molecule has 0 spiro atoms. The topological polar surface area (TPSA) is 60.7 Å². The molecule has 26 heavy (non-hydrogen) atoms. The minimum absolute atomic E-state index is 0.333. The lowest BCUT2D eigenvalue weighted by molar-refractivity contribution is 0.660. The summed E-state index contributed by atoms with van der Waals surface area (Å²) >= 11 is 0. The van der Waals surface area contributed by atoms with E-state index in [-0.39, 0.29) is 0 Å². The number of hydrogen-bond acceptors (Lipinski definition) is 4. The second-order valence-corrected chi connectivity index (χ2v) is 6.87. The monoisotopic (exact) mass is 348 g/mol. The smallest absolute Gasteiger partial charge is 0.100 e. The third-order valence-electron chi connectivity index (χ3n) is 4.12. The Kier molecular flexibility index (Phi) is 6.94. The summed E-state index contributed by atoms with van der Waals surface area (Å²) in [5.41, 5.74) is 13.2. The fourth-order valence-electron chi connectivity index (χ4n) is 2.86. The second-order valence-electron chi connectivity index (χ2n) is 6.87. The Balaban J connectivity index is 2.55. The molecule has 1 heterocycles. The van der Waals surface area contributed by atoms with Gasteiger partial charge in [-0.05, 0) is 69.0 Å². The molecule has 0 atom stereocenters. The van der Waals surface area contributed by atoms with Gasteiger partial charge in [-0.25, -0.2) is 5.43 Å². The molecule has 0 saturated carbocycles. The Bertz CT molecular complexity index is 828. The van der Waals surface area contributed by atoms with Gasteiger partial charge < -0.3 is 5.43 Å². The molecule has 1 aromatic carbocycles. The van der Waals surface area contributed by atoms with Crippen molar-refractivity contribution >= 4 is 16.8 Å². The van der Waals surface area contributed by atoms with Crippen LogP contribution >= 0.6 is 0 Å². The highest BCUT2D eigenvalue weighted by Crippen LogP contribution is 2.32. The van der Waals surface area contributed by atoms with E-state index in [2.05, 4.69) is 60.9 Å². The molecule has 0 bridgehead atoms. The Morgan fingerprint density at radius 3 is 2.65 bits per heavy atom. The molecular formula is C22H28N4. The van der Waals surface area contributed by atoms with Crippen LogP contribution in [0.3, 0.4) is 0 Å². The Hall–Kier alpha value is -2.64. The summed E-state index contributed by atoms with van der Waals surface area (Å²) in [6, 6.07) is 13.0. The minimum Gasteiger partial charge on any atom is -0.321 e. The Morgan fingerprint density at radius 2 is 2.00 bits per heavy atom. The van der Waals surface area contributed by atoms with Gasteiger partial charge in [0.15, 0.2) is 0 Å². The highest BCUT2D eigenvalue weighted by molar-refractivity contribution is 5.98. The van der Waals surface area contributed by atoms with Crippen molar-refractivity contribution in [3.8, 4) is 6.07 Å². The van der Waals surface area contributed by atoms with Gasteiger partial charge >= 0.3 is 0 Å². The first-order valence-electron chi connectivity index (χ1n) is 9.15. The Labute approximate surface area is 156 Å². The molecule has 136 valence electrons. The lowest BCUT2D eigenvalue weighted by Crippen LogP contribution is -2.28. The number of nitrogens with zero attached hydrogens (tertiary/aromatic N) is 2. The van der Waals surface area contributed by atoms with Gasteiger partial charge in [0.2, 0.25) is 0 Å². The van der Waals surface area contributed by atoms with Crippen molar-refractivity contribution in [3.63, 3.8) is 0 Å². The molecule has 0 aliphatic rings. The maximum absolute atomic E-state index is 9.93. The Morgan fingerprint density at radius 1 is 1.23 bits per heavy atom. The predicted molar refractivity (Wildman–Crippen MR) is 109 cm³/mol. The van der Waals surface area contributed by atoms with Crippen LogP contribution in [0, 0.1) is 25.2 Å². The number of aromatic nitrogens is 1. The molecule has 2 rings (SSSR count). The van der Waals surface area contributed by atoms with Gasteiger partial charge in [-0.15, -0.1) is 0 Å². The number of benzene rings is 1. The number of nitriles is 1. The van der Waals surface area contributed by atoms with Crippen LogP contribution in [0.4, 0.5) is 5.69 Å². The summed E-state index contributed by atoms with van der Waals surface area (Å²) in [5.74, 6) is 0. The van der Waals surface area contributed by atoms with Crippen molar-refractivity contribution in [1.29, 1.82) is 5.26 Å². The normalized spacial score (nSPS) is 11.9. The zero-order valence-corrected chi connectivity index (χ0v) is 16.4. The lowest BCUT2D eigenvalue weighted by Gasteiger charge is -2.15. The molecule has 0 unspecified atom stereocenters. The first kappa shape index (κ1) is 19.7. The van der Waals surface area contributed by atoms with E-state index in [1.54, 1.807) is 0 Å². The van der Waals surface area contributed by atoms with Crippen molar-refractivity contribution in [2.45, 2.75) is 53.5 Å². The van der Waals surface area contributed by atoms with E-state index < -0.39 is 0 Å². The summed E-state index contributed by atoms with van der Waals surface area (Å²) < 4.78 is 0. The van der Waals surface area contributed by atoms with E-state index in [1.807, 2.05) is 32.2 Å². The average Bonchev–Trinajstić information content (AvgIpc) is 2.63. The molecular weight excluding hydrogens is 320 g/mol. The van der Waals surface area contributed by atoms with E-state index in [9.17, 15) is 5.26 Å². The van der Waals surface area contributed by atoms with Crippen LogP contribution in [0.25, 0.3) is 11.1 Å². The largest absolute Gasteiger partial charge is 0.321 e. The summed E-state index contributed by atoms with van der Waals surface area (Å²) in [7, 11) is 0. The van der Waals surface area contributed by atoms with E-state index in [0.29, 0.717) is 6.04 Å². The van der Waals surface area contributed by atoms with Gasteiger partial charge in [0.25, 0.3) is 0 Å².